The van der Waals surface area contributed by atoms with Crippen LogP contribution in [0.1, 0.15) is 75.0 Å². The van der Waals surface area contributed by atoms with Gasteiger partial charge in [-0.25, -0.2) is 0 Å². The number of imide groups is 1. The van der Waals surface area contributed by atoms with Crippen LogP contribution < -0.4 is 0 Å². The highest BCUT2D eigenvalue weighted by Gasteiger charge is 2.38. The molecule has 0 aromatic heterocycles. The summed E-state index contributed by atoms with van der Waals surface area (Å²) in [4.78, 5) is 26.5. The number of nitrogens with zero attached hydrogens (tertiary/aromatic N) is 1. The molecule has 2 rings (SSSR count). The summed E-state index contributed by atoms with van der Waals surface area (Å²) in [5.41, 5.74) is 3.20. The van der Waals surface area contributed by atoms with Crippen LogP contribution in [0, 0.1) is 13.8 Å². The van der Waals surface area contributed by atoms with Gasteiger partial charge in [0.15, 0.2) is 0 Å². The number of halogens is 1. The van der Waals surface area contributed by atoms with Crippen LogP contribution in [0.15, 0.2) is 23.2 Å². The van der Waals surface area contributed by atoms with Crippen molar-refractivity contribution < 1.29 is 9.59 Å². The van der Waals surface area contributed by atoms with Crippen molar-refractivity contribution in [2.45, 2.75) is 72.1 Å². The Morgan fingerprint density at radius 1 is 0.885 bits per heavy atom. The Morgan fingerprint density at radius 3 is 2.12 bits per heavy atom. The van der Waals surface area contributed by atoms with Crippen LogP contribution in [0.3, 0.4) is 0 Å². The summed E-state index contributed by atoms with van der Waals surface area (Å²) in [7, 11) is 0. The van der Waals surface area contributed by atoms with Gasteiger partial charge in [-0.05, 0) is 31.4 Å². The predicted octanol–water partition coefficient (Wildman–Crippen LogP) is 5.76. The largest absolute Gasteiger partial charge is 0.274 e. The fraction of sp³-hybridized carbons (Fsp3) is 0.545. The van der Waals surface area contributed by atoms with E-state index in [-0.39, 0.29) is 16.8 Å². The third kappa shape index (κ3) is 4.97. The molecule has 0 bridgehead atoms. The molecule has 0 saturated carbocycles. The zero-order valence-corrected chi connectivity index (χ0v) is 17.0. The van der Waals surface area contributed by atoms with Crippen molar-refractivity contribution in [2.24, 2.45) is 0 Å². The Kier molecular flexibility index (Phi) is 7.89. The summed E-state index contributed by atoms with van der Waals surface area (Å²) in [6.07, 6.45) is 9.42. The Bertz CT molecular complexity index is 693. The van der Waals surface area contributed by atoms with Gasteiger partial charge in [0, 0.05) is 6.54 Å². The number of benzene rings is 1. The normalized spacial score (nSPS) is 14.7. The fourth-order valence-corrected chi connectivity index (χ4v) is 3.77. The van der Waals surface area contributed by atoms with Crippen molar-refractivity contribution >= 4 is 29.0 Å². The molecule has 0 N–H and O–H groups in total. The van der Waals surface area contributed by atoms with E-state index in [4.69, 9.17) is 11.6 Å². The van der Waals surface area contributed by atoms with Gasteiger partial charge in [0.2, 0.25) is 0 Å². The molecule has 0 radical (unpaired) electrons. The second-order valence-electron chi connectivity index (χ2n) is 7.24. The summed E-state index contributed by atoms with van der Waals surface area (Å²) in [5.74, 6) is -0.607. The number of rotatable bonds is 10. The topological polar surface area (TPSA) is 37.4 Å². The van der Waals surface area contributed by atoms with E-state index in [0.29, 0.717) is 12.1 Å². The monoisotopic (exact) mass is 375 g/mol. The summed E-state index contributed by atoms with van der Waals surface area (Å²) >= 11 is 6.24. The molecule has 1 aromatic carbocycles. The smallest absolute Gasteiger partial charge is 0.273 e. The maximum absolute atomic E-state index is 12.8. The van der Waals surface area contributed by atoms with E-state index in [1.807, 2.05) is 32.0 Å². The number of carbonyl (C=O) groups is 2. The standard InChI is InChI=1S/C22H30ClNO2/c1-4-5-6-7-8-9-10-11-14-24-21(25)19(20(23)22(24)26)18-13-12-16(2)15-17(18)3/h12-13,15H,4-11,14H2,1-3H3. The second-order valence-corrected chi connectivity index (χ2v) is 7.62. The maximum atomic E-state index is 12.8. The van der Waals surface area contributed by atoms with Gasteiger partial charge in [-0.2, -0.15) is 0 Å². The number of aryl methyl sites for hydroxylation is 2. The molecule has 26 heavy (non-hydrogen) atoms. The zero-order chi connectivity index (χ0) is 19.1. The number of unbranched alkanes of at least 4 members (excludes halogenated alkanes) is 7. The minimum atomic E-state index is -0.352. The van der Waals surface area contributed by atoms with E-state index in [2.05, 4.69) is 6.92 Å². The van der Waals surface area contributed by atoms with E-state index in [1.54, 1.807) is 0 Å². The molecule has 142 valence electrons. The number of hydrogen-bond acceptors (Lipinski definition) is 2. The molecule has 0 atom stereocenters. The predicted molar refractivity (Wildman–Crippen MR) is 108 cm³/mol. The van der Waals surface area contributed by atoms with Gasteiger partial charge in [-0.15, -0.1) is 0 Å². The van der Waals surface area contributed by atoms with Gasteiger partial charge in [-0.3, -0.25) is 14.5 Å². The highest BCUT2D eigenvalue weighted by molar-refractivity contribution is 6.55. The average molecular weight is 376 g/mol. The van der Waals surface area contributed by atoms with Crippen LogP contribution in [0.25, 0.3) is 5.57 Å². The summed E-state index contributed by atoms with van der Waals surface area (Å²) in [6.45, 7) is 6.62. The van der Waals surface area contributed by atoms with Crippen molar-refractivity contribution in [3.8, 4) is 0 Å². The van der Waals surface area contributed by atoms with Gasteiger partial charge in [0.1, 0.15) is 5.03 Å². The van der Waals surface area contributed by atoms with Crippen LogP contribution in [-0.2, 0) is 9.59 Å². The van der Waals surface area contributed by atoms with Crippen molar-refractivity contribution in [3.63, 3.8) is 0 Å². The summed E-state index contributed by atoms with van der Waals surface area (Å²) in [6, 6.07) is 5.83. The molecule has 0 unspecified atom stereocenters. The molecule has 1 aliphatic heterocycles. The van der Waals surface area contributed by atoms with Gasteiger partial charge >= 0.3 is 0 Å². The lowest BCUT2D eigenvalue weighted by Gasteiger charge is -2.15. The second kappa shape index (κ2) is 9.91. The third-order valence-corrected chi connectivity index (χ3v) is 5.35. The van der Waals surface area contributed by atoms with Crippen LogP contribution in [0.5, 0.6) is 0 Å². The summed E-state index contributed by atoms with van der Waals surface area (Å²) in [5, 5.41) is 0.0570. The minimum Gasteiger partial charge on any atom is -0.274 e. The first-order chi connectivity index (χ1) is 12.5. The van der Waals surface area contributed by atoms with Crippen molar-refractivity contribution in [3.05, 3.63) is 39.9 Å². The molecule has 1 aromatic rings. The maximum Gasteiger partial charge on any atom is 0.273 e. The third-order valence-electron chi connectivity index (χ3n) is 5.00. The van der Waals surface area contributed by atoms with E-state index < -0.39 is 0 Å². The van der Waals surface area contributed by atoms with Gasteiger partial charge in [-0.1, -0.05) is 87.2 Å². The van der Waals surface area contributed by atoms with E-state index >= 15 is 0 Å². The highest BCUT2D eigenvalue weighted by Crippen LogP contribution is 2.33. The average Bonchev–Trinajstić information content (AvgIpc) is 2.81. The van der Waals surface area contributed by atoms with E-state index in [1.165, 1.54) is 37.0 Å². The molecule has 0 saturated heterocycles. The first-order valence-corrected chi connectivity index (χ1v) is 10.2. The van der Waals surface area contributed by atoms with Crippen LogP contribution in [0.4, 0.5) is 0 Å². The van der Waals surface area contributed by atoms with Crippen molar-refractivity contribution in [1.82, 2.24) is 4.90 Å². The minimum absolute atomic E-state index is 0.0570. The first-order valence-electron chi connectivity index (χ1n) is 9.81. The highest BCUT2D eigenvalue weighted by atomic mass is 35.5. The van der Waals surface area contributed by atoms with Crippen LogP contribution in [-0.4, -0.2) is 23.3 Å². The lowest BCUT2D eigenvalue weighted by Crippen LogP contribution is -2.32. The first kappa shape index (κ1) is 20.7. The molecule has 3 nitrogen and oxygen atoms in total. The number of amides is 2. The van der Waals surface area contributed by atoms with Gasteiger partial charge in [0.25, 0.3) is 11.8 Å². The molecule has 0 fully saturated rings. The lowest BCUT2D eigenvalue weighted by atomic mass is 9.99. The van der Waals surface area contributed by atoms with E-state index in [9.17, 15) is 9.59 Å². The van der Waals surface area contributed by atoms with E-state index in [0.717, 1.165) is 36.0 Å². The van der Waals surface area contributed by atoms with Gasteiger partial charge < -0.3 is 0 Å². The molecule has 0 aliphatic carbocycles. The quantitative estimate of drug-likeness (QED) is 0.385. The molecular formula is C22H30ClNO2. The zero-order valence-electron chi connectivity index (χ0n) is 16.2. The van der Waals surface area contributed by atoms with Gasteiger partial charge in [0.05, 0.1) is 5.57 Å². The molecule has 1 heterocycles. The lowest BCUT2D eigenvalue weighted by molar-refractivity contribution is -0.136. The Labute approximate surface area is 162 Å². The fourth-order valence-electron chi connectivity index (χ4n) is 3.48. The number of hydrogen-bond donors (Lipinski definition) is 0. The molecular weight excluding hydrogens is 346 g/mol. The Morgan fingerprint density at radius 2 is 1.50 bits per heavy atom. The van der Waals surface area contributed by atoms with Crippen LogP contribution >= 0.6 is 11.6 Å². The Hall–Kier alpha value is -1.61. The van der Waals surface area contributed by atoms with Crippen LogP contribution in [0.2, 0.25) is 0 Å². The Balaban J connectivity index is 1.90. The van der Waals surface area contributed by atoms with Crippen molar-refractivity contribution in [1.29, 1.82) is 0 Å². The molecule has 4 heteroatoms. The SMILES string of the molecule is CCCCCCCCCCN1C(=O)C(Cl)=C(c2ccc(C)cc2C)C1=O. The molecule has 0 spiro atoms. The molecule has 2 amide bonds. The number of carbonyl (C=O) groups excluding carboxylic acids is 2. The molecule has 1 aliphatic rings. The summed E-state index contributed by atoms with van der Waals surface area (Å²) < 4.78 is 0. The van der Waals surface area contributed by atoms with Crippen molar-refractivity contribution in [2.75, 3.05) is 6.54 Å².